The monoisotopic (exact) mass is 394 g/mol. The zero-order valence-electron chi connectivity index (χ0n) is 11.3. The second-order valence-corrected chi connectivity index (χ2v) is 6.42. The van der Waals surface area contributed by atoms with Gasteiger partial charge in [-0.2, -0.15) is 0 Å². The molecule has 5 heteroatoms. The number of carbonyl (C=O) groups is 1. The summed E-state index contributed by atoms with van der Waals surface area (Å²) in [7, 11) is 0. The SMILES string of the molecule is NC1Cc2ccccc2N(C(=O)c2cc(I)ccc2O)C1. The Morgan fingerprint density at radius 3 is 2.86 bits per heavy atom. The van der Waals surface area contributed by atoms with Gasteiger partial charge in [-0.15, -0.1) is 0 Å². The number of hydrogen-bond donors (Lipinski definition) is 2. The molecule has 3 rings (SSSR count). The molecule has 1 aliphatic heterocycles. The fraction of sp³-hybridized carbons (Fsp3) is 0.188. The van der Waals surface area contributed by atoms with E-state index in [9.17, 15) is 9.90 Å². The molecule has 4 nitrogen and oxygen atoms in total. The predicted molar refractivity (Wildman–Crippen MR) is 90.6 cm³/mol. The highest BCUT2D eigenvalue weighted by Gasteiger charge is 2.28. The van der Waals surface area contributed by atoms with Crippen LogP contribution in [0.3, 0.4) is 0 Å². The van der Waals surface area contributed by atoms with Gasteiger partial charge >= 0.3 is 0 Å². The molecule has 0 spiro atoms. The maximum Gasteiger partial charge on any atom is 0.262 e. The van der Waals surface area contributed by atoms with Gasteiger partial charge in [0.15, 0.2) is 0 Å². The third-order valence-corrected chi connectivity index (χ3v) is 4.29. The lowest BCUT2D eigenvalue weighted by atomic mass is 9.97. The van der Waals surface area contributed by atoms with Crippen LogP contribution in [-0.2, 0) is 6.42 Å². The molecule has 0 saturated carbocycles. The molecule has 0 fully saturated rings. The Morgan fingerprint density at radius 2 is 2.05 bits per heavy atom. The molecule has 0 aromatic heterocycles. The summed E-state index contributed by atoms with van der Waals surface area (Å²) in [5, 5.41) is 9.97. The largest absolute Gasteiger partial charge is 0.507 e. The number of phenols is 1. The number of phenolic OH excluding ortho intramolecular Hbond substituents is 1. The fourth-order valence-corrected chi connectivity index (χ4v) is 3.14. The van der Waals surface area contributed by atoms with Crippen molar-refractivity contribution in [3.8, 4) is 5.75 Å². The normalized spacial score (nSPS) is 17.4. The number of fused-ring (bicyclic) bond motifs is 1. The van der Waals surface area contributed by atoms with Crippen LogP contribution in [0.4, 0.5) is 5.69 Å². The van der Waals surface area contributed by atoms with Gasteiger partial charge in [-0.3, -0.25) is 4.79 Å². The average Bonchev–Trinajstić information content (AvgIpc) is 2.48. The topological polar surface area (TPSA) is 66.6 Å². The number of rotatable bonds is 1. The number of nitrogens with two attached hydrogens (primary N) is 1. The zero-order chi connectivity index (χ0) is 15.0. The molecule has 3 N–H and O–H groups in total. The maximum atomic E-state index is 12.8. The first-order chi connectivity index (χ1) is 10.1. The summed E-state index contributed by atoms with van der Waals surface area (Å²) >= 11 is 2.12. The number of para-hydroxylation sites is 1. The quantitative estimate of drug-likeness (QED) is 0.731. The molecule has 108 valence electrons. The van der Waals surface area contributed by atoms with E-state index in [2.05, 4.69) is 22.6 Å². The van der Waals surface area contributed by atoms with E-state index in [1.165, 1.54) is 0 Å². The highest BCUT2D eigenvalue weighted by atomic mass is 127. The molecule has 2 aromatic carbocycles. The number of carbonyl (C=O) groups excluding carboxylic acids is 1. The van der Waals surface area contributed by atoms with Gasteiger partial charge in [0.25, 0.3) is 5.91 Å². The van der Waals surface area contributed by atoms with Crippen LogP contribution >= 0.6 is 22.6 Å². The van der Waals surface area contributed by atoms with E-state index < -0.39 is 0 Å². The summed E-state index contributed by atoms with van der Waals surface area (Å²) < 4.78 is 0.906. The third kappa shape index (κ3) is 2.75. The van der Waals surface area contributed by atoms with E-state index in [-0.39, 0.29) is 17.7 Å². The highest BCUT2D eigenvalue weighted by Crippen LogP contribution is 2.30. The highest BCUT2D eigenvalue weighted by molar-refractivity contribution is 14.1. The van der Waals surface area contributed by atoms with Crippen LogP contribution in [0.25, 0.3) is 0 Å². The molecule has 21 heavy (non-hydrogen) atoms. The first-order valence-corrected chi connectivity index (χ1v) is 7.78. The fourth-order valence-electron chi connectivity index (χ4n) is 2.64. The molecule has 1 aliphatic rings. The van der Waals surface area contributed by atoms with Gasteiger partial charge in [-0.05, 0) is 58.8 Å². The standard InChI is InChI=1S/C16H15IN2O2/c17-11-5-6-15(20)13(8-11)16(21)19-9-12(18)7-10-3-1-2-4-14(10)19/h1-6,8,12,20H,7,9,18H2. The number of benzene rings is 2. The second-order valence-electron chi connectivity index (χ2n) is 5.17. The van der Waals surface area contributed by atoms with Crippen molar-refractivity contribution in [2.24, 2.45) is 5.73 Å². The number of nitrogens with zero attached hydrogens (tertiary/aromatic N) is 1. The Labute approximate surface area is 136 Å². The Kier molecular flexibility index (Phi) is 3.86. The van der Waals surface area contributed by atoms with Crippen LogP contribution in [0.5, 0.6) is 5.75 Å². The minimum Gasteiger partial charge on any atom is -0.507 e. The lowest BCUT2D eigenvalue weighted by Crippen LogP contribution is -2.46. The summed E-state index contributed by atoms with van der Waals surface area (Å²) in [6.45, 7) is 0.459. The average molecular weight is 394 g/mol. The molecule has 0 radical (unpaired) electrons. The van der Waals surface area contributed by atoms with Crippen LogP contribution in [0.15, 0.2) is 42.5 Å². The van der Waals surface area contributed by atoms with Gasteiger partial charge in [-0.1, -0.05) is 18.2 Å². The first-order valence-electron chi connectivity index (χ1n) is 6.70. The summed E-state index contributed by atoms with van der Waals surface area (Å²) in [4.78, 5) is 14.4. The summed E-state index contributed by atoms with van der Waals surface area (Å²) in [6.07, 6.45) is 0.762. The lowest BCUT2D eigenvalue weighted by Gasteiger charge is -2.33. The van der Waals surface area contributed by atoms with Crippen molar-refractivity contribution >= 4 is 34.2 Å². The molecule has 2 aromatic rings. The molecule has 0 aliphatic carbocycles. The molecular formula is C16H15IN2O2. The van der Waals surface area contributed by atoms with Crippen molar-refractivity contribution in [2.75, 3.05) is 11.4 Å². The molecule has 1 atom stereocenters. The maximum absolute atomic E-state index is 12.8. The zero-order valence-corrected chi connectivity index (χ0v) is 13.4. The number of halogens is 1. The summed E-state index contributed by atoms with van der Waals surface area (Å²) in [6, 6.07) is 12.7. The van der Waals surface area contributed by atoms with Crippen molar-refractivity contribution in [1.29, 1.82) is 0 Å². The van der Waals surface area contributed by atoms with Gasteiger partial charge in [0.2, 0.25) is 0 Å². The lowest BCUT2D eigenvalue weighted by molar-refractivity contribution is 0.0981. The van der Waals surface area contributed by atoms with E-state index in [4.69, 9.17) is 5.73 Å². The van der Waals surface area contributed by atoms with E-state index in [1.54, 1.807) is 23.1 Å². The third-order valence-electron chi connectivity index (χ3n) is 3.62. The van der Waals surface area contributed by atoms with E-state index in [0.29, 0.717) is 12.1 Å². The van der Waals surface area contributed by atoms with Crippen molar-refractivity contribution in [2.45, 2.75) is 12.5 Å². The number of anilines is 1. The number of hydrogen-bond acceptors (Lipinski definition) is 3. The van der Waals surface area contributed by atoms with E-state index >= 15 is 0 Å². The van der Waals surface area contributed by atoms with Crippen molar-refractivity contribution in [1.82, 2.24) is 0 Å². The van der Waals surface area contributed by atoms with Gasteiger partial charge in [0.05, 0.1) is 5.56 Å². The van der Waals surface area contributed by atoms with E-state index in [0.717, 1.165) is 21.2 Å². The van der Waals surface area contributed by atoms with Crippen LogP contribution in [0.2, 0.25) is 0 Å². The Hall–Kier alpha value is -1.60. The summed E-state index contributed by atoms with van der Waals surface area (Å²) in [5.74, 6) is -0.217. The number of amides is 1. The Bertz CT molecular complexity index is 702. The Morgan fingerprint density at radius 1 is 1.29 bits per heavy atom. The van der Waals surface area contributed by atoms with Gasteiger partial charge in [0.1, 0.15) is 5.75 Å². The van der Waals surface area contributed by atoms with Crippen LogP contribution in [-0.4, -0.2) is 23.6 Å². The second kappa shape index (κ2) is 5.65. The summed E-state index contributed by atoms with van der Waals surface area (Å²) in [5.41, 5.74) is 8.32. The molecule has 1 heterocycles. The van der Waals surface area contributed by atoms with E-state index in [1.807, 2.05) is 24.3 Å². The predicted octanol–water partition coefficient (Wildman–Crippen LogP) is 2.53. The van der Waals surface area contributed by atoms with Gasteiger partial charge in [0, 0.05) is 21.8 Å². The minimum atomic E-state index is -0.214. The van der Waals surface area contributed by atoms with Crippen molar-refractivity contribution in [3.63, 3.8) is 0 Å². The van der Waals surface area contributed by atoms with Crippen LogP contribution < -0.4 is 10.6 Å². The minimum absolute atomic E-state index is 0.00274. The molecule has 0 saturated heterocycles. The number of aromatic hydroxyl groups is 1. The Balaban J connectivity index is 2.04. The van der Waals surface area contributed by atoms with Crippen LogP contribution in [0, 0.1) is 3.57 Å². The molecule has 1 amide bonds. The molecule has 0 bridgehead atoms. The van der Waals surface area contributed by atoms with Gasteiger partial charge < -0.3 is 15.7 Å². The first kappa shape index (κ1) is 14.3. The molecule has 1 unspecified atom stereocenters. The van der Waals surface area contributed by atoms with Crippen molar-refractivity contribution < 1.29 is 9.90 Å². The van der Waals surface area contributed by atoms with Crippen molar-refractivity contribution in [3.05, 3.63) is 57.2 Å². The van der Waals surface area contributed by atoms with Gasteiger partial charge in [-0.25, -0.2) is 0 Å². The molecular weight excluding hydrogens is 379 g/mol. The smallest absolute Gasteiger partial charge is 0.262 e. The van der Waals surface area contributed by atoms with Crippen LogP contribution in [0.1, 0.15) is 15.9 Å².